The van der Waals surface area contributed by atoms with Gasteiger partial charge in [0.15, 0.2) is 5.43 Å². The number of fused-ring (bicyclic) bond motifs is 3. The van der Waals surface area contributed by atoms with Gasteiger partial charge in [-0.15, -0.1) is 0 Å². The summed E-state index contributed by atoms with van der Waals surface area (Å²) in [6.45, 7) is 6.59. The van der Waals surface area contributed by atoms with E-state index in [1.54, 1.807) is 10.8 Å². The minimum Gasteiger partial charge on any atom is -0.493 e. The molecule has 7 nitrogen and oxygen atoms in total. The number of hydrogen-bond acceptors (Lipinski definition) is 6. The van der Waals surface area contributed by atoms with Gasteiger partial charge in [-0.1, -0.05) is 13.3 Å². The number of aryl methyl sites for hydroxylation is 2. The molecule has 1 aliphatic heterocycles. The van der Waals surface area contributed by atoms with Gasteiger partial charge in [-0.3, -0.25) is 4.79 Å². The lowest BCUT2D eigenvalue weighted by molar-refractivity contribution is 0.0693. The molecule has 4 rings (SSSR count). The van der Waals surface area contributed by atoms with Crippen LogP contribution >= 0.6 is 11.5 Å². The first kappa shape index (κ1) is 20.2. The van der Waals surface area contributed by atoms with Gasteiger partial charge in [0.2, 0.25) is 6.23 Å². The van der Waals surface area contributed by atoms with Crippen molar-refractivity contribution in [2.45, 2.75) is 39.8 Å². The Labute approximate surface area is 177 Å². The van der Waals surface area contributed by atoms with Crippen LogP contribution in [0.1, 0.15) is 52.4 Å². The summed E-state index contributed by atoms with van der Waals surface area (Å²) >= 11 is 1.34. The summed E-state index contributed by atoms with van der Waals surface area (Å²) in [6, 6.07) is 5.13. The van der Waals surface area contributed by atoms with Crippen molar-refractivity contribution < 1.29 is 19.4 Å². The van der Waals surface area contributed by atoms with E-state index in [1.807, 2.05) is 26.0 Å². The summed E-state index contributed by atoms with van der Waals surface area (Å²) in [5, 5.41) is 9.44. The second-order valence-corrected chi connectivity index (χ2v) is 8.28. The van der Waals surface area contributed by atoms with E-state index >= 15 is 0 Å². The SMILES string of the molecule is CCCCOc1cc2c(cc1C)-c1cc(=O)c(C(=O)O)cn1C(c1cnsc1C)O2. The molecule has 0 fully saturated rings. The van der Waals surface area contributed by atoms with Crippen LogP contribution in [0, 0.1) is 13.8 Å². The fourth-order valence-electron chi connectivity index (χ4n) is 3.50. The lowest BCUT2D eigenvalue weighted by atomic mass is 10.0. The number of nitrogens with zero attached hydrogens (tertiary/aromatic N) is 2. The number of benzene rings is 1. The number of carbonyl (C=O) groups is 1. The Kier molecular flexibility index (Phi) is 5.34. The molecule has 1 atom stereocenters. The van der Waals surface area contributed by atoms with E-state index in [0.717, 1.165) is 40.2 Å². The van der Waals surface area contributed by atoms with E-state index in [-0.39, 0.29) is 5.56 Å². The normalized spacial score (nSPS) is 14.6. The number of hydrogen-bond donors (Lipinski definition) is 1. The number of unbranched alkanes of at least 4 members (excludes halogenated alkanes) is 1. The van der Waals surface area contributed by atoms with Crippen molar-refractivity contribution in [2.24, 2.45) is 0 Å². The summed E-state index contributed by atoms with van der Waals surface area (Å²) in [4.78, 5) is 25.0. The summed E-state index contributed by atoms with van der Waals surface area (Å²) in [6.07, 6.45) is 4.43. The van der Waals surface area contributed by atoms with Crippen molar-refractivity contribution in [1.82, 2.24) is 8.94 Å². The highest BCUT2D eigenvalue weighted by molar-refractivity contribution is 7.05. The maximum absolute atomic E-state index is 12.5. The molecule has 0 spiro atoms. The highest BCUT2D eigenvalue weighted by Gasteiger charge is 2.30. The minimum atomic E-state index is -1.27. The third kappa shape index (κ3) is 3.47. The number of pyridine rings is 1. The Morgan fingerprint density at radius 1 is 1.33 bits per heavy atom. The predicted molar refractivity (Wildman–Crippen MR) is 114 cm³/mol. The summed E-state index contributed by atoms with van der Waals surface area (Å²) < 4.78 is 18.2. The van der Waals surface area contributed by atoms with Crippen molar-refractivity contribution in [1.29, 1.82) is 0 Å². The molecular weight excluding hydrogens is 404 g/mol. The third-order valence-electron chi connectivity index (χ3n) is 5.16. The van der Waals surface area contributed by atoms with Gasteiger partial charge in [-0.05, 0) is 43.4 Å². The second-order valence-electron chi connectivity index (χ2n) is 7.27. The van der Waals surface area contributed by atoms with Gasteiger partial charge in [-0.2, -0.15) is 0 Å². The molecular formula is C22H22N2O5S. The monoisotopic (exact) mass is 426 g/mol. The van der Waals surface area contributed by atoms with E-state index in [2.05, 4.69) is 11.3 Å². The molecule has 0 saturated heterocycles. The van der Waals surface area contributed by atoms with Crippen LogP contribution in [-0.2, 0) is 0 Å². The van der Waals surface area contributed by atoms with Crippen LogP contribution in [0.3, 0.4) is 0 Å². The van der Waals surface area contributed by atoms with Crippen molar-refractivity contribution >= 4 is 17.5 Å². The lowest BCUT2D eigenvalue weighted by Gasteiger charge is -2.32. The largest absolute Gasteiger partial charge is 0.493 e. The average molecular weight is 426 g/mol. The summed E-state index contributed by atoms with van der Waals surface area (Å²) in [5.41, 5.74) is 2.23. The molecule has 0 saturated carbocycles. The molecule has 1 aromatic carbocycles. The number of ether oxygens (including phenoxy) is 2. The molecule has 0 radical (unpaired) electrons. The number of aromatic carboxylic acids is 1. The highest BCUT2D eigenvalue weighted by Crippen LogP contribution is 2.43. The first-order valence-corrected chi connectivity index (χ1v) is 10.5. The fraction of sp³-hybridized carbons (Fsp3) is 0.318. The molecule has 3 aromatic rings. The van der Waals surface area contributed by atoms with Crippen molar-refractivity contribution in [3.05, 3.63) is 62.4 Å². The lowest BCUT2D eigenvalue weighted by Crippen LogP contribution is -2.28. The van der Waals surface area contributed by atoms with E-state index in [9.17, 15) is 14.7 Å². The van der Waals surface area contributed by atoms with Crippen LogP contribution in [0.15, 0.2) is 35.4 Å². The van der Waals surface area contributed by atoms with Gasteiger partial charge in [0.25, 0.3) is 0 Å². The van der Waals surface area contributed by atoms with Crippen LogP contribution in [-0.4, -0.2) is 26.6 Å². The van der Waals surface area contributed by atoms with Crippen LogP contribution in [0.25, 0.3) is 11.3 Å². The van der Waals surface area contributed by atoms with Gasteiger partial charge in [0.05, 0.1) is 12.3 Å². The first-order valence-electron chi connectivity index (χ1n) is 9.75. The summed E-state index contributed by atoms with van der Waals surface area (Å²) in [7, 11) is 0. The third-order valence-corrected chi connectivity index (χ3v) is 5.88. The quantitative estimate of drug-likeness (QED) is 0.588. The number of rotatable bonds is 6. The number of aromatic nitrogens is 2. The molecule has 8 heteroatoms. The molecule has 0 bridgehead atoms. The van der Waals surface area contributed by atoms with E-state index in [1.165, 1.54) is 23.8 Å². The zero-order valence-corrected chi connectivity index (χ0v) is 17.8. The Balaban J connectivity index is 1.90. The Bertz CT molecular complexity index is 1180. The molecule has 1 aliphatic rings. The molecule has 1 unspecified atom stereocenters. The molecule has 2 aromatic heterocycles. The van der Waals surface area contributed by atoms with Crippen molar-refractivity contribution in [3.63, 3.8) is 0 Å². The Morgan fingerprint density at radius 2 is 2.13 bits per heavy atom. The minimum absolute atomic E-state index is 0.298. The van der Waals surface area contributed by atoms with Crippen LogP contribution in [0.4, 0.5) is 0 Å². The Hall–Kier alpha value is -3.13. The van der Waals surface area contributed by atoms with Crippen LogP contribution in [0.5, 0.6) is 11.5 Å². The Morgan fingerprint density at radius 3 is 2.80 bits per heavy atom. The van der Waals surface area contributed by atoms with E-state index in [4.69, 9.17) is 9.47 Å². The zero-order chi connectivity index (χ0) is 21.4. The maximum atomic E-state index is 12.5. The van der Waals surface area contributed by atoms with Crippen LogP contribution < -0.4 is 14.9 Å². The maximum Gasteiger partial charge on any atom is 0.341 e. The van der Waals surface area contributed by atoms with Gasteiger partial charge in [-0.25, -0.2) is 9.17 Å². The molecule has 156 valence electrons. The average Bonchev–Trinajstić information content (AvgIpc) is 3.13. The molecule has 0 aliphatic carbocycles. The smallest absolute Gasteiger partial charge is 0.341 e. The molecule has 3 heterocycles. The first-order chi connectivity index (χ1) is 14.4. The summed E-state index contributed by atoms with van der Waals surface area (Å²) in [5.74, 6) is 0.0557. The topological polar surface area (TPSA) is 90.7 Å². The van der Waals surface area contributed by atoms with Gasteiger partial charge < -0.3 is 19.1 Å². The van der Waals surface area contributed by atoms with E-state index in [0.29, 0.717) is 18.1 Å². The fourth-order valence-corrected chi connectivity index (χ4v) is 4.09. The predicted octanol–water partition coefficient (Wildman–Crippen LogP) is 4.41. The van der Waals surface area contributed by atoms with Gasteiger partial charge >= 0.3 is 5.97 Å². The number of carboxylic acid groups (broad SMARTS) is 1. The van der Waals surface area contributed by atoms with Crippen LogP contribution in [0.2, 0.25) is 0 Å². The van der Waals surface area contributed by atoms with Crippen molar-refractivity contribution in [2.75, 3.05) is 6.61 Å². The standard InChI is InChI=1S/C22H22N2O5S/c1-4-5-6-28-19-9-20-14(7-12(19)2)17-8-18(25)16(22(26)27)11-24(17)21(29-20)15-10-23-30-13(15)3/h7-11,21H,4-6H2,1-3H3,(H,26,27). The number of carboxylic acids is 1. The molecule has 0 amide bonds. The van der Waals surface area contributed by atoms with Crippen molar-refractivity contribution in [3.8, 4) is 22.8 Å². The second kappa shape index (κ2) is 7.95. The van der Waals surface area contributed by atoms with Gasteiger partial charge in [0, 0.05) is 40.5 Å². The molecule has 1 N–H and O–H groups in total. The molecule has 30 heavy (non-hydrogen) atoms. The zero-order valence-electron chi connectivity index (χ0n) is 17.0. The highest BCUT2D eigenvalue weighted by atomic mass is 32.1. The van der Waals surface area contributed by atoms with Gasteiger partial charge in [0.1, 0.15) is 17.1 Å². The van der Waals surface area contributed by atoms with E-state index < -0.39 is 17.6 Å².